The van der Waals surface area contributed by atoms with Crippen LogP contribution in [0.4, 0.5) is 0 Å². The molecule has 0 aliphatic heterocycles. The largest absolute Gasteiger partial charge is 0.347 e. The summed E-state index contributed by atoms with van der Waals surface area (Å²) in [7, 11) is 0. The second-order valence-corrected chi connectivity index (χ2v) is 4.79. The second-order valence-electron chi connectivity index (χ2n) is 4.79. The maximum Gasteiger partial charge on any atom is 0.291 e. The van der Waals surface area contributed by atoms with Crippen molar-refractivity contribution >= 4 is 5.91 Å². The molecule has 1 heterocycles. The van der Waals surface area contributed by atoms with Crippen LogP contribution in [0.5, 0.6) is 0 Å². The van der Waals surface area contributed by atoms with Crippen LogP contribution in [0, 0.1) is 6.92 Å². The number of nitrogens with one attached hydrogen (secondary N) is 2. The van der Waals surface area contributed by atoms with Gasteiger partial charge in [-0.2, -0.15) is 0 Å². The van der Waals surface area contributed by atoms with Gasteiger partial charge >= 0.3 is 0 Å². The molecule has 0 saturated carbocycles. The number of hydrogen-bond donors (Lipinski definition) is 2. The fraction of sp³-hybridized carbons (Fsp3) is 0.769. The van der Waals surface area contributed by atoms with Crippen molar-refractivity contribution in [2.45, 2.75) is 46.6 Å². The van der Waals surface area contributed by atoms with Crippen molar-refractivity contribution in [3.63, 3.8) is 0 Å². The minimum Gasteiger partial charge on any atom is -0.347 e. The van der Waals surface area contributed by atoms with Gasteiger partial charge in [0.2, 0.25) is 5.82 Å². The molecule has 1 amide bonds. The number of carbonyl (C=O) groups excluding carboxylic acids is 1. The summed E-state index contributed by atoms with van der Waals surface area (Å²) in [5.41, 5.74) is 0. The Kier molecular flexibility index (Phi) is 6.49. The molecule has 0 saturated heterocycles. The van der Waals surface area contributed by atoms with Crippen LogP contribution in [0.25, 0.3) is 0 Å². The van der Waals surface area contributed by atoms with Crippen LogP contribution in [0.1, 0.15) is 50.1 Å². The van der Waals surface area contributed by atoms with Gasteiger partial charge in [-0.1, -0.05) is 13.8 Å². The summed E-state index contributed by atoms with van der Waals surface area (Å²) in [6.45, 7) is 11.4. The number of aryl methyl sites for hydroxylation is 1. The van der Waals surface area contributed by atoms with Crippen molar-refractivity contribution in [1.82, 2.24) is 25.4 Å². The zero-order valence-electron chi connectivity index (χ0n) is 12.4. The van der Waals surface area contributed by atoms with Gasteiger partial charge in [-0.15, -0.1) is 5.10 Å². The highest BCUT2D eigenvalue weighted by molar-refractivity contribution is 5.90. The smallest absolute Gasteiger partial charge is 0.291 e. The summed E-state index contributed by atoms with van der Waals surface area (Å²) >= 11 is 0. The molecule has 0 aliphatic carbocycles. The Balaban J connectivity index is 2.27. The number of aromatic amines is 1. The fourth-order valence-corrected chi connectivity index (χ4v) is 1.97. The Labute approximate surface area is 115 Å². The average Bonchev–Trinajstić information content (AvgIpc) is 2.81. The van der Waals surface area contributed by atoms with E-state index in [-0.39, 0.29) is 17.8 Å². The number of nitrogens with zero attached hydrogens (tertiary/aromatic N) is 3. The van der Waals surface area contributed by atoms with Gasteiger partial charge in [0.05, 0.1) is 0 Å². The van der Waals surface area contributed by atoms with E-state index in [1.807, 2.05) is 6.92 Å². The first-order chi connectivity index (χ1) is 9.06. The lowest BCUT2D eigenvalue weighted by Gasteiger charge is -2.19. The van der Waals surface area contributed by atoms with Gasteiger partial charge in [0, 0.05) is 6.04 Å². The lowest BCUT2D eigenvalue weighted by atomic mass is 10.1. The van der Waals surface area contributed by atoms with Crippen molar-refractivity contribution < 1.29 is 4.79 Å². The third kappa shape index (κ3) is 5.38. The summed E-state index contributed by atoms with van der Waals surface area (Å²) in [6, 6.07) is 0.141. The fourth-order valence-electron chi connectivity index (χ4n) is 1.97. The molecule has 6 nitrogen and oxygen atoms in total. The SMILES string of the molecule is CCN(CC)CCCC(C)NC(=O)c1n[nH]c(C)n1. The van der Waals surface area contributed by atoms with Gasteiger partial charge in [-0.05, 0) is 46.3 Å². The van der Waals surface area contributed by atoms with Gasteiger partial charge in [0.15, 0.2) is 0 Å². The summed E-state index contributed by atoms with van der Waals surface area (Å²) in [5, 5.41) is 9.43. The van der Waals surface area contributed by atoms with Crippen LogP contribution in [-0.2, 0) is 0 Å². The molecule has 19 heavy (non-hydrogen) atoms. The Morgan fingerprint density at radius 2 is 2.11 bits per heavy atom. The maximum absolute atomic E-state index is 11.8. The zero-order valence-corrected chi connectivity index (χ0v) is 12.4. The molecule has 0 radical (unpaired) electrons. The first-order valence-corrected chi connectivity index (χ1v) is 6.99. The average molecular weight is 267 g/mol. The molecular formula is C13H25N5O. The van der Waals surface area contributed by atoms with E-state index in [1.54, 1.807) is 6.92 Å². The predicted octanol–water partition coefficient (Wildman–Crippen LogP) is 1.35. The van der Waals surface area contributed by atoms with E-state index in [4.69, 9.17) is 0 Å². The lowest BCUT2D eigenvalue weighted by Crippen LogP contribution is -2.34. The highest BCUT2D eigenvalue weighted by atomic mass is 16.2. The van der Waals surface area contributed by atoms with E-state index in [0.717, 1.165) is 32.5 Å². The quantitative estimate of drug-likeness (QED) is 0.745. The van der Waals surface area contributed by atoms with Crippen LogP contribution in [0.3, 0.4) is 0 Å². The highest BCUT2D eigenvalue weighted by Gasteiger charge is 2.13. The maximum atomic E-state index is 11.8. The topological polar surface area (TPSA) is 73.9 Å². The zero-order chi connectivity index (χ0) is 14.3. The molecule has 1 rings (SSSR count). The molecule has 1 aromatic rings. The van der Waals surface area contributed by atoms with E-state index in [9.17, 15) is 4.79 Å². The van der Waals surface area contributed by atoms with Gasteiger partial charge in [-0.25, -0.2) is 4.98 Å². The monoisotopic (exact) mass is 267 g/mol. The van der Waals surface area contributed by atoms with E-state index < -0.39 is 0 Å². The van der Waals surface area contributed by atoms with E-state index in [1.165, 1.54) is 0 Å². The summed E-state index contributed by atoms with van der Waals surface area (Å²) in [4.78, 5) is 18.2. The third-order valence-corrected chi connectivity index (χ3v) is 3.18. The van der Waals surface area contributed by atoms with Gasteiger partial charge < -0.3 is 10.2 Å². The molecule has 0 aliphatic rings. The van der Waals surface area contributed by atoms with Crippen molar-refractivity contribution in [3.8, 4) is 0 Å². The summed E-state index contributed by atoms with van der Waals surface area (Å²) < 4.78 is 0. The van der Waals surface area contributed by atoms with Gasteiger partial charge in [0.25, 0.3) is 5.91 Å². The first-order valence-electron chi connectivity index (χ1n) is 6.99. The number of H-pyrrole nitrogens is 1. The summed E-state index contributed by atoms with van der Waals surface area (Å²) in [6.07, 6.45) is 2.04. The number of carbonyl (C=O) groups is 1. The van der Waals surface area contributed by atoms with Crippen molar-refractivity contribution in [1.29, 1.82) is 0 Å². The Hall–Kier alpha value is -1.43. The molecule has 2 N–H and O–H groups in total. The number of amides is 1. The Bertz CT molecular complexity index is 386. The molecule has 0 fully saturated rings. The second kappa shape index (κ2) is 7.89. The van der Waals surface area contributed by atoms with E-state index in [2.05, 4.69) is 39.2 Å². The number of rotatable bonds is 8. The van der Waals surface area contributed by atoms with Crippen LogP contribution in [0.15, 0.2) is 0 Å². The van der Waals surface area contributed by atoms with Crippen LogP contribution in [0.2, 0.25) is 0 Å². The van der Waals surface area contributed by atoms with Gasteiger partial charge in [0.1, 0.15) is 5.82 Å². The van der Waals surface area contributed by atoms with Crippen LogP contribution >= 0.6 is 0 Å². The molecule has 0 bridgehead atoms. The predicted molar refractivity (Wildman–Crippen MR) is 75.1 cm³/mol. The molecule has 1 unspecified atom stereocenters. The van der Waals surface area contributed by atoms with Crippen molar-refractivity contribution in [2.24, 2.45) is 0 Å². The minimum atomic E-state index is -0.209. The highest BCUT2D eigenvalue weighted by Crippen LogP contribution is 2.01. The van der Waals surface area contributed by atoms with E-state index >= 15 is 0 Å². The summed E-state index contributed by atoms with van der Waals surface area (Å²) in [5.74, 6) is 0.659. The lowest BCUT2D eigenvalue weighted by molar-refractivity contribution is 0.0927. The standard InChI is InChI=1S/C13H25N5O/c1-5-18(6-2)9-7-8-10(3)14-13(19)12-15-11(4)16-17-12/h10H,5-9H2,1-4H3,(H,14,19)(H,15,16,17). The molecule has 1 aromatic heterocycles. The molecule has 6 heteroatoms. The van der Waals surface area contributed by atoms with Crippen LogP contribution < -0.4 is 5.32 Å². The minimum absolute atomic E-state index is 0.141. The third-order valence-electron chi connectivity index (χ3n) is 3.18. The van der Waals surface area contributed by atoms with Gasteiger partial charge in [-0.3, -0.25) is 9.89 Å². The van der Waals surface area contributed by atoms with E-state index in [0.29, 0.717) is 5.82 Å². The molecule has 0 spiro atoms. The molecular weight excluding hydrogens is 242 g/mol. The number of aromatic nitrogens is 3. The number of hydrogen-bond acceptors (Lipinski definition) is 4. The van der Waals surface area contributed by atoms with Crippen molar-refractivity contribution in [2.75, 3.05) is 19.6 Å². The normalized spacial score (nSPS) is 12.7. The molecule has 1 atom stereocenters. The first kappa shape index (κ1) is 15.6. The van der Waals surface area contributed by atoms with Crippen LogP contribution in [-0.4, -0.2) is 51.7 Å². The molecule has 0 aromatic carbocycles. The Morgan fingerprint density at radius 3 is 2.63 bits per heavy atom. The van der Waals surface area contributed by atoms with Crippen molar-refractivity contribution in [3.05, 3.63) is 11.6 Å². The molecule has 108 valence electrons. The Morgan fingerprint density at radius 1 is 1.42 bits per heavy atom.